The molecule has 9 heteroatoms. The van der Waals surface area contributed by atoms with E-state index in [4.69, 9.17) is 42.0 Å². The topological polar surface area (TPSA) is 83.1 Å². The zero-order valence-electron chi connectivity index (χ0n) is 57.5. The molecule has 0 N–H and O–H groups in total. The number of hydrogen-bond donors (Lipinski definition) is 0. The van der Waals surface area contributed by atoms with Gasteiger partial charge in [0, 0.05) is 74.7 Å². The van der Waals surface area contributed by atoms with Crippen LogP contribution in [-0.4, -0.2) is 104 Å². The number of ether oxygens (including phenoxy) is 9. The molecule has 450 valence electrons. The first-order valence-electron chi connectivity index (χ1n) is 29.6. The van der Waals surface area contributed by atoms with Crippen LogP contribution in [0.1, 0.15) is 208 Å². The van der Waals surface area contributed by atoms with E-state index in [1.165, 1.54) is 93.6 Å². The lowest BCUT2D eigenvalue weighted by Gasteiger charge is -2.31. The zero-order valence-corrected chi connectivity index (χ0v) is 54.5. The molecule has 0 aromatic heterocycles. The molecule has 0 amide bonds. The van der Waals surface area contributed by atoms with Crippen LogP contribution in [0.15, 0.2) is 121 Å². The number of hydrogen-bond acceptors (Lipinski definition) is 9. The Bertz CT molecular complexity index is 1810. The van der Waals surface area contributed by atoms with Gasteiger partial charge in [-0.05, 0) is 166 Å². The summed E-state index contributed by atoms with van der Waals surface area (Å²) in [4.78, 5) is 0. The smallest absolute Gasteiger partial charge is 0.115 e. The Hall–Kier alpha value is -3.48. The molecule has 4 aromatic carbocycles. The molecule has 0 aliphatic heterocycles. The molecule has 0 saturated heterocycles. The first-order chi connectivity index (χ1) is 37.5. The molecule has 0 unspecified atom stereocenters. The van der Waals surface area contributed by atoms with E-state index >= 15 is 0 Å². The van der Waals surface area contributed by atoms with E-state index in [0.29, 0.717) is 0 Å². The summed E-state index contributed by atoms with van der Waals surface area (Å²) in [5.41, 5.74) is 3.48. The van der Waals surface area contributed by atoms with E-state index in [1.807, 2.05) is 156 Å². The van der Waals surface area contributed by atoms with Gasteiger partial charge in [-0.25, -0.2) is 0 Å². The molecule has 0 heterocycles. The maximum atomic E-state index is 6.94. The molecule has 0 spiro atoms. The zero-order chi connectivity index (χ0) is 63.1. The van der Waals surface area contributed by atoms with Crippen molar-refractivity contribution in [3.05, 3.63) is 144 Å². The molecule has 0 bridgehead atoms. The molecule has 0 atom stereocenters. The van der Waals surface area contributed by atoms with Crippen LogP contribution in [0.3, 0.4) is 0 Å². The van der Waals surface area contributed by atoms with Crippen molar-refractivity contribution >= 4 is 0 Å². The fourth-order valence-electron chi connectivity index (χ4n) is 6.84. The van der Waals surface area contributed by atoms with Gasteiger partial charge in [0.25, 0.3) is 0 Å². The Morgan fingerprint density at radius 3 is 0.641 bits per heavy atom. The largest absolute Gasteiger partial charge is 0.385 e. The summed E-state index contributed by atoms with van der Waals surface area (Å²) in [6, 6.07) is 41.1. The SMILES string of the molecule is CCOC.COC(C)(C)C.COC(C)(C)C.COC(C)(C)C.COC(C)(c1ccccc1)c1ccccc1.COC(C)(c1ccccc1)c1ccccc1.COC1(C)CCCCC1.COC1(C)CCCCC1.[2H]C([2H])([2H])C(C)(C)OC. The van der Waals surface area contributed by atoms with E-state index in [9.17, 15) is 0 Å². The molecule has 9 nitrogen and oxygen atoms in total. The summed E-state index contributed by atoms with van der Waals surface area (Å²) < 4.78 is 67.1. The highest BCUT2D eigenvalue weighted by Gasteiger charge is 2.29. The van der Waals surface area contributed by atoms with Crippen molar-refractivity contribution in [3.63, 3.8) is 0 Å². The van der Waals surface area contributed by atoms with Gasteiger partial charge in [0.1, 0.15) is 11.2 Å². The molecular weight excluding hydrogens is 973 g/mol. The Labute approximate surface area is 485 Å². The van der Waals surface area contributed by atoms with Crippen LogP contribution in [0, 0.1) is 0 Å². The minimum Gasteiger partial charge on any atom is -0.385 e. The fraction of sp³-hybridized carbons (Fsp3) is 0.652. The van der Waals surface area contributed by atoms with Crippen molar-refractivity contribution in [2.24, 2.45) is 0 Å². The van der Waals surface area contributed by atoms with Crippen molar-refractivity contribution in [2.45, 2.75) is 227 Å². The van der Waals surface area contributed by atoms with Gasteiger partial charge in [-0.1, -0.05) is 160 Å². The van der Waals surface area contributed by atoms with Gasteiger partial charge >= 0.3 is 0 Å². The molecule has 2 fully saturated rings. The highest BCUT2D eigenvalue weighted by Crippen LogP contribution is 2.34. The first kappa shape index (κ1) is 72.5. The normalized spacial score (nSPS) is 15.5. The Balaban J connectivity index is -0.000000876. The second-order valence-corrected chi connectivity index (χ2v) is 23.6. The van der Waals surface area contributed by atoms with Gasteiger partial charge in [0.15, 0.2) is 0 Å². The quantitative estimate of drug-likeness (QED) is 0.163. The van der Waals surface area contributed by atoms with Crippen molar-refractivity contribution in [3.8, 4) is 0 Å². The highest BCUT2D eigenvalue weighted by molar-refractivity contribution is 5.36. The summed E-state index contributed by atoms with van der Waals surface area (Å²) in [5, 5.41) is 0. The molecule has 4 aromatic rings. The van der Waals surface area contributed by atoms with Crippen molar-refractivity contribution < 1.29 is 46.7 Å². The second kappa shape index (κ2) is 41.5. The lowest BCUT2D eigenvalue weighted by Crippen LogP contribution is -2.29. The van der Waals surface area contributed by atoms with Gasteiger partial charge in [0.05, 0.1) is 33.6 Å². The third-order valence-corrected chi connectivity index (χ3v) is 13.6. The number of benzene rings is 4. The van der Waals surface area contributed by atoms with Crippen LogP contribution in [0.4, 0.5) is 0 Å². The predicted molar refractivity (Wildman–Crippen MR) is 334 cm³/mol. The summed E-state index contributed by atoms with van der Waals surface area (Å²) in [6.45, 7) is 30.6. The van der Waals surface area contributed by atoms with Crippen LogP contribution in [0.5, 0.6) is 0 Å². The average Bonchev–Trinajstić information content (AvgIpc) is 3.46. The lowest BCUT2D eigenvalue weighted by atomic mass is 9.86. The molecule has 0 radical (unpaired) electrons. The third-order valence-electron chi connectivity index (χ3n) is 13.6. The van der Waals surface area contributed by atoms with E-state index in [2.05, 4.69) is 81.0 Å². The number of rotatable bonds is 9. The van der Waals surface area contributed by atoms with E-state index < -0.39 is 12.5 Å². The highest BCUT2D eigenvalue weighted by atomic mass is 16.5. The summed E-state index contributed by atoms with van der Waals surface area (Å²) in [5.74, 6) is 0. The Morgan fingerprint density at radius 2 is 0.538 bits per heavy atom. The maximum absolute atomic E-state index is 6.94. The second-order valence-electron chi connectivity index (χ2n) is 23.6. The molecular formula is C69H120O9. The van der Waals surface area contributed by atoms with Gasteiger partial charge in [-0.3, -0.25) is 0 Å². The summed E-state index contributed by atoms with van der Waals surface area (Å²) in [6.07, 6.45) is 13.2. The van der Waals surface area contributed by atoms with E-state index in [-0.39, 0.29) is 39.2 Å². The van der Waals surface area contributed by atoms with E-state index in [1.54, 1.807) is 56.5 Å². The molecule has 2 saturated carbocycles. The maximum Gasteiger partial charge on any atom is 0.115 e. The monoisotopic (exact) mass is 1100 g/mol. The van der Waals surface area contributed by atoms with Crippen LogP contribution < -0.4 is 0 Å². The fourth-order valence-corrected chi connectivity index (χ4v) is 6.84. The standard InChI is InChI=1S/2C15H16O.2C8H16O.4C5H12O.C3H8O/c2*1-15(16-2,13-9-5-3-6-10-13)14-11-7-4-8-12-14;2*1-8(9-2)6-4-3-5-7-8;4*1-5(2,3)6-4;1-3-4-2/h2*3-12H,1-2H3;2*3-7H2,1-2H3;4*1-4H3;3H2,1-2H3/i;;;;1D3;;;;. The van der Waals surface area contributed by atoms with Crippen molar-refractivity contribution in [1.82, 2.24) is 0 Å². The molecule has 6 rings (SSSR count). The third kappa shape index (κ3) is 39.0. The Kier molecular flexibility index (Phi) is 38.6. The number of methoxy groups -OCH3 is 9. The molecule has 2 aliphatic rings. The average molecular weight is 1100 g/mol. The van der Waals surface area contributed by atoms with E-state index in [0.717, 1.165) is 6.61 Å². The van der Waals surface area contributed by atoms with Crippen molar-refractivity contribution in [2.75, 3.05) is 70.6 Å². The minimum absolute atomic E-state index is 0.0417. The predicted octanol–water partition coefficient (Wildman–Crippen LogP) is 18.3. The van der Waals surface area contributed by atoms with Gasteiger partial charge in [0.2, 0.25) is 0 Å². The van der Waals surface area contributed by atoms with Crippen LogP contribution in [0.25, 0.3) is 0 Å². The summed E-state index contributed by atoms with van der Waals surface area (Å²) >= 11 is 0. The van der Waals surface area contributed by atoms with Crippen LogP contribution >= 0.6 is 0 Å². The first-order valence-corrected chi connectivity index (χ1v) is 28.1. The van der Waals surface area contributed by atoms with Crippen LogP contribution in [0.2, 0.25) is 0 Å². The van der Waals surface area contributed by atoms with Gasteiger partial charge in [-0.2, -0.15) is 0 Å². The molecule has 78 heavy (non-hydrogen) atoms. The Morgan fingerprint density at radius 1 is 0.346 bits per heavy atom. The molecule has 2 aliphatic carbocycles. The van der Waals surface area contributed by atoms with Gasteiger partial charge in [-0.15, -0.1) is 0 Å². The summed E-state index contributed by atoms with van der Waals surface area (Å²) in [7, 11) is 15.4. The van der Waals surface area contributed by atoms with Crippen LogP contribution in [-0.2, 0) is 53.8 Å². The lowest BCUT2D eigenvalue weighted by molar-refractivity contribution is -0.0234. The van der Waals surface area contributed by atoms with Gasteiger partial charge < -0.3 is 42.6 Å². The van der Waals surface area contributed by atoms with Crippen molar-refractivity contribution in [1.29, 1.82) is 0 Å². The minimum atomic E-state index is -2.03.